The SMILES string of the molecule is CCC(CO)N1CCN(CC#Cc2ccc(C(F)(F)F)cc2)CC1. The maximum atomic E-state index is 12.5. The summed E-state index contributed by atoms with van der Waals surface area (Å²) in [5.74, 6) is 5.94. The van der Waals surface area contributed by atoms with Gasteiger partial charge in [0.25, 0.3) is 0 Å². The molecule has 1 fully saturated rings. The normalized spacial score (nSPS) is 18.0. The quantitative estimate of drug-likeness (QED) is 0.853. The van der Waals surface area contributed by atoms with E-state index >= 15 is 0 Å². The smallest absolute Gasteiger partial charge is 0.395 e. The second-order valence-corrected chi connectivity index (χ2v) is 5.93. The molecule has 0 spiro atoms. The summed E-state index contributed by atoms with van der Waals surface area (Å²) in [4.78, 5) is 4.51. The molecule has 1 aromatic rings. The van der Waals surface area contributed by atoms with Gasteiger partial charge in [0.05, 0.1) is 18.7 Å². The van der Waals surface area contributed by atoms with Crippen molar-refractivity contribution in [1.82, 2.24) is 9.80 Å². The molecular formula is C18H23F3N2O. The van der Waals surface area contributed by atoms with Gasteiger partial charge >= 0.3 is 6.18 Å². The van der Waals surface area contributed by atoms with Gasteiger partial charge in [-0.3, -0.25) is 9.80 Å². The van der Waals surface area contributed by atoms with Crippen LogP contribution in [-0.2, 0) is 6.18 Å². The van der Waals surface area contributed by atoms with Crippen LogP contribution in [0.5, 0.6) is 0 Å². The van der Waals surface area contributed by atoms with Gasteiger partial charge in [0.2, 0.25) is 0 Å². The lowest BCUT2D eigenvalue weighted by molar-refractivity contribution is -0.137. The van der Waals surface area contributed by atoms with Crippen LogP contribution in [0.25, 0.3) is 0 Å². The number of benzene rings is 1. The zero-order valence-corrected chi connectivity index (χ0v) is 13.8. The van der Waals surface area contributed by atoms with Crippen molar-refractivity contribution < 1.29 is 18.3 Å². The number of aliphatic hydroxyl groups is 1. The lowest BCUT2D eigenvalue weighted by atomic mass is 10.1. The zero-order chi connectivity index (χ0) is 17.6. The largest absolute Gasteiger partial charge is 0.416 e. The van der Waals surface area contributed by atoms with E-state index in [-0.39, 0.29) is 12.6 Å². The number of rotatable bonds is 4. The minimum absolute atomic E-state index is 0.185. The highest BCUT2D eigenvalue weighted by Crippen LogP contribution is 2.28. The average molecular weight is 340 g/mol. The second kappa shape index (κ2) is 8.52. The molecule has 0 aromatic heterocycles. The van der Waals surface area contributed by atoms with Gasteiger partial charge in [-0.15, -0.1) is 0 Å². The molecule has 1 unspecified atom stereocenters. The second-order valence-electron chi connectivity index (χ2n) is 5.93. The van der Waals surface area contributed by atoms with Crippen LogP contribution in [0.15, 0.2) is 24.3 Å². The first kappa shape index (κ1) is 18.8. The Morgan fingerprint density at radius 3 is 2.25 bits per heavy atom. The molecule has 6 heteroatoms. The van der Waals surface area contributed by atoms with Crippen molar-refractivity contribution in [3.05, 3.63) is 35.4 Å². The molecule has 1 saturated heterocycles. The third-order valence-corrected chi connectivity index (χ3v) is 4.35. The van der Waals surface area contributed by atoms with Gasteiger partial charge in [-0.25, -0.2) is 0 Å². The number of hydrogen-bond donors (Lipinski definition) is 1. The molecule has 1 atom stereocenters. The predicted octanol–water partition coefficient (Wildman–Crippen LogP) is 2.45. The maximum absolute atomic E-state index is 12.5. The molecule has 0 saturated carbocycles. The maximum Gasteiger partial charge on any atom is 0.416 e. The van der Waals surface area contributed by atoms with Crippen LogP contribution in [-0.4, -0.2) is 60.3 Å². The first-order valence-electron chi connectivity index (χ1n) is 8.17. The molecule has 0 amide bonds. The summed E-state index contributed by atoms with van der Waals surface area (Å²) in [6, 6.07) is 5.15. The molecule has 0 radical (unpaired) electrons. The van der Waals surface area contributed by atoms with Gasteiger partial charge in [-0.2, -0.15) is 13.2 Å². The lowest BCUT2D eigenvalue weighted by Gasteiger charge is -2.37. The molecular weight excluding hydrogens is 317 g/mol. The molecule has 1 aromatic carbocycles. The van der Waals surface area contributed by atoms with Crippen molar-refractivity contribution in [1.29, 1.82) is 0 Å². The van der Waals surface area contributed by atoms with Crippen molar-refractivity contribution in [3.8, 4) is 11.8 Å². The van der Waals surface area contributed by atoms with Crippen molar-refractivity contribution >= 4 is 0 Å². The van der Waals surface area contributed by atoms with Crippen LogP contribution in [0.1, 0.15) is 24.5 Å². The standard InChI is InChI=1S/C18H23F3N2O/c1-2-17(14-24)23-12-10-22(11-13-23)9-3-4-15-5-7-16(8-6-15)18(19,20)21/h5-8,17,24H,2,9-14H2,1H3. The Kier molecular flexibility index (Phi) is 6.67. The topological polar surface area (TPSA) is 26.7 Å². The molecule has 3 nitrogen and oxygen atoms in total. The fourth-order valence-corrected chi connectivity index (χ4v) is 2.79. The summed E-state index contributed by atoms with van der Waals surface area (Å²) in [5, 5.41) is 9.33. The van der Waals surface area contributed by atoms with Crippen LogP contribution in [0.3, 0.4) is 0 Å². The summed E-state index contributed by atoms with van der Waals surface area (Å²) in [7, 11) is 0. The van der Waals surface area contributed by atoms with Crippen molar-refractivity contribution in [2.75, 3.05) is 39.3 Å². The highest BCUT2D eigenvalue weighted by atomic mass is 19.4. The molecule has 132 valence electrons. The Bertz CT molecular complexity index is 563. The van der Waals surface area contributed by atoms with E-state index in [4.69, 9.17) is 0 Å². The number of hydrogen-bond acceptors (Lipinski definition) is 3. The Balaban J connectivity index is 1.82. The van der Waals surface area contributed by atoms with E-state index in [1.165, 1.54) is 12.1 Å². The molecule has 1 N–H and O–H groups in total. The van der Waals surface area contributed by atoms with E-state index in [9.17, 15) is 18.3 Å². The average Bonchev–Trinajstić information content (AvgIpc) is 2.57. The van der Waals surface area contributed by atoms with E-state index in [1.54, 1.807) is 0 Å². The molecule has 1 heterocycles. The van der Waals surface area contributed by atoms with Gasteiger partial charge in [0.15, 0.2) is 0 Å². The van der Waals surface area contributed by atoms with Crippen LogP contribution < -0.4 is 0 Å². The van der Waals surface area contributed by atoms with E-state index < -0.39 is 11.7 Å². The van der Waals surface area contributed by atoms with E-state index in [0.29, 0.717) is 12.1 Å². The van der Waals surface area contributed by atoms with Crippen LogP contribution in [0.4, 0.5) is 13.2 Å². The van der Waals surface area contributed by atoms with E-state index in [2.05, 4.69) is 28.6 Å². The molecule has 2 rings (SSSR count). The Morgan fingerprint density at radius 1 is 1.12 bits per heavy atom. The molecule has 1 aliphatic rings. The minimum atomic E-state index is -4.31. The first-order valence-corrected chi connectivity index (χ1v) is 8.17. The van der Waals surface area contributed by atoms with Gasteiger partial charge < -0.3 is 5.11 Å². The zero-order valence-electron chi connectivity index (χ0n) is 13.8. The van der Waals surface area contributed by atoms with Gasteiger partial charge in [-0.05, 0) is 30.7 Å². The van der Waals surface area contributed by atoms with Gasteiger partial charge in [-0.1, -0.05) is 18.8 Å². The lowest BCUT2D eigenvalue weighted by Crippen LogP contribution is -2.51. The molecule has 0 aliphatic carbocycles. The van der Waals surface area contributed by atoms with Crippen LogP contribution in [0.2, 0.25) is 0 Å². The number of halogens is 3. The van der Waals surface area contributed by atoms with Gasteiger partial charge in [0, 0.05) is 37.8 Å². The molecule has 24 heavy (non-hydrogen) atoms. The number of nitrogens with zero attached hydrogens (tertiary/aromatic N) is 2. The first-order chi connectivity index (χ1) is 11.4. The Morgan fingerprint density at radius 2 is 1.75 bits per heavy atom. The fourth-order valence-electron chi connectivity index (χ4n) is 2.79. The molecule has 0 bridgehead atoms. The van der Waals surface area contributed by atoms with Crippen molar-refractivity contribution in [2.45, 2.75) is 25.6 Å². The summed E-state index contributed by atoms with van der Waals surface area (Å²) >= 11 is 0. The summed E-state index contributed by atoms with van der Waals surface area (Å²) in [6.07, 6.45) is -3.37. The highest BCUT2D eigenvalue weighted by molar-refractivity contribution is 5.37. The monoisotopic (exact) mass is 340 g/mol. The number of alkyl halides is 3. The summed E-state index contributed by atoms with van der Waals surface area (Å²) < 4.78 is 37.5. The number of aliphatic hydroxyl groups excluding tert-OH is 1. The predicted molar refractivity (Wildman–Crippen MR) is 87.5 cm³/mol. The number of piperazine rings is 1. The molecule has 1 aliphatic heterocycles. The fraction of sp³-hybridized carbons (Fsp3) is 0.556. The van der Waals surface area contributed by atoms with Crippen molar-refractivity contribution in [2.24, 2.45) is 0 Å². The third kappa shape index (κ3) is 5.23. The third-order valence-electron chi connectivity index (χ3n) is 4.35. The Hall–Kier alpha value is -1.55. The van der Waals surface area contributed by atoms with E-state index in [0.717, 1.165) is 44.7 Å². The summed E-state index contributed by atoms with van der Waals surface area (Å²) in [5.41, 5.74) is -0.0634. The summed E-state index contributed by atoms with van der Waals surface area (Å²) in [6.45, 7) is 6.44. The van der Waals surface area contributed by atoms with Crippen molar-refractivity contribution in [3.63, 3.8) is 0 Å². The Labute approximate surface area is 141 Å². The highest BCUT2D eigenvalue weighted by Gasteiger charge is 2.29. The van der Waals surface area contributed by atoms with Gasteiger partial charge in [0.1, 0.15) is 0 Å². The van der Waals surface area contributed by atoms with Crippen LogP contribution in [0, 0.1) is 11.8 Å². The van der Waals surface area contributed by atoms with E-state index in [1.807, 2.05) is 0 Å². The minimum Gasteiger partial charge on any atom is -0.395 e. The van der Waals surface area contributed by atoms with Crippen LogP contribution >= 0.6 is 0 Å².